The summed E-state index contributed by atoms with van der Waals surface area (Å²) in [7, 11) is 0. The summed E-state index contributed by atoms with van der Waals surface area (Å²) in [5, 5.41) is 4.19. The Morgan fingerprint density at radius 1 is 1.24 bits per heavy atom. The van der Waals surface area contributed by atoms with Crippen LogP contribution in [0.3, 0.4) is 0 Å². The summed E-state index contributed by atoms with van der Waals surface area (Å²) in [6.07, 6.45) is 1.93. The summed E-state index contributed by atoms with van der Waals surface area (Å²) >= 11 is 6.47. The Kier molecular flexibility index (Phi) is 6.48. The van der Waals surface area contributed by atoms with Gasteiger partial charge in [-0.15, -0.1) is 0 Å². The normalized spacial score (nSPS) is 12.3. The first-order chi connectivity index (χ1) is 9.60. The number of hydrogen-bond donors (Lipinski definition) is 1. The van der Waals surface area contributed by atoms with Crippen LogP contribution in [0.15, 0.2) is 12.3 Å². The van der Waals surface area contributed by atoms with Gasteiger partial charge in [0, 0.05) is 30.9 Å². The first-order valence-electron chi connectivity index (χ1n) is 7.76. The van der Waals surface area contributed by atoms with Gasteiger partial charge >= 0.3 is 0 Å². The summed E-state index contributed by atoms with van der Waals surface area (Å²) in [4.78, 5) is 6.88. The van der Waals surface area contributed by atoms with Crippen molar-refractivity contribution in [3.8, 4) is 0 Å². The van der Waals surface area contributed by atoms with Crippen LogP contribution in [-0.2, 0) is 6.54 Å². The fraction of sp³-hybridized carbons (Fsp3) is 0.706. The number of nitrogens with zero attached hydrogens (tertiary/aromatic N) is 2. The first kappa shape index (κ1) is 18.2. The summed E-state index contributed by atoms with van der Waals surface area (Å²) in [5.74, 6) is 1.47. The average molecular weight is 312 g/mol. The predicted molar refractivity (Wildman–Crippen MR) is 93.2 cm³/mol. The third kappa shape index (κ3) is 6.23. The molecule has 3 nitrogen and oxygen atoms in total. The molecule has 0 bridgehead atoms. The average Bonchev–Trinajstić information content (AvgIpc) is 2.33. The summed E-state index contributed by atoms with van der Waals surface area (Å²) in [6.45, 7) is 17.0. The summed E-state index contributed by atoms with van der Waals surface area (Å²) < 4.78 is 0. The Morgan fingerprint density at radius 3 is 2.29 bits per heavy atom. The zero-order valence-corrected chi connectivity index (χ0v) is 15.3. The molecular weight excluding hydrogens is 282 g/mol. The highest BCUT2D eigenvalue weighted by Gasteiger charge is 2.17. The molecule has 1 N–H and O–H groups in total. The number of anilines is 1. The van der Waals surface area contributed by atoms with Crippen molar-refractivity contribution in [3.05, 3.63) is 22.8 Å². The van der Waals surface area contributed by atoms with E-state index in [0.29, 0.717) is 12.0 Å². The van der Waals surface area contributed by atoms with Crippen molar-refractivity contribution in [2.24, 2.45) is 5.92 Å². The predicted octanol–water partition coefficient (Wildman–Crippen LogP) is 4.49. The van der Waals surface area contributed by atoms with Crippen LogP contribution in [0.25, 0.3) is 0 Å². The zero-order valence-electron chi connectivity index (χ0n) is 14.5. The Hall–Kier alpha value is -0.800. The smallest absolute Gasteiger partial charge is 0.147 e. The highest BCUT2D eigenvalue weighted by atomic mass is 35.5. The molecule has 0 spiro atoms. The van der Waals surface area contributed by atoms with Gasteiger partial charge in [-0.25, -0.2) is 4.98 Å². The molecule has 0 aliphatic heterocycles. The highest BCUT2D eigenvalue weighted by Crippen LogP contribution is 2.26. The van der Waals surface area contributed by atoms with Gasteiger partial charge in [0.05, 0.1) is 5.02 Å². The SMILES string of the molecule is CC(C)CN(c1ncc(CNC(C)(C)C)cc1Cl)C(C)C. The van der Waals surface area contributed by atoms with Crippen molar-refractivity contribution < 1.29 is 0 Å². The van der Waals surface area contributed by atoms with Gasteiger partial charge in [0.15, 0.2) is 0 Å². The monoisotopic (exact) mass is 311 g/mol. The second-order valence-corrected chi connectivity index (χ2v) is 7.80. The molecule has 120 valence electrons. The molecule has 0 atom stereocenters. The van der Waals surface area contributed by atoms with E-state index in [1.54, 1.807) is 0 Å². The summed E-state index contributed by atoms with van der Waals surface area (Å²) in [5.41, 5.74) is 1.21. The highest BCUT2D eigenvalue weighted by molar-refractivity contribution is 6.33. The molecule has 1 aromatic rings. The molecule has 0 fully saturated rings. The largest absolute Gasteiger partial charge is 0.353 e. The molecule has 1 heterocycles. The van der Waals surface area contributed by atoms with Crippen molar-refractivity contribution in [1.29, 1.82) is 0 Å². The molecule has 0 aliphatic carbocycles. The molecule has 0 saturated carbocycles. The zero-order chi connectivity index (χ0) is 16.2. The molecule has 1 aromatic heterocycles. The number of halogens is 1. The maximum atomic E-state index is 6.47. The lowest BCUT2D eigenvalue weighted by Crippen LogP contribution is -2.36. The minimum Gasteiger partial charge on any atom is -0.353 e. The number of nitrogens with one attached hydrogen (secondary N) is 1. The van der Waals surface area contributed by atoms with Crippen LogP contribution >= 0.6 is 11.6 Å². The van der Waals surface area contributed by atoms with Crippen molar-refractivity contribution in [2.75, 3.05) is 11.4 Å². The van der Waals surface area contributed by atoms with Gasteiger partial charge in [-0.1, -0.05) is 25.4 Å². The number of rotatable bonds is 6. The van der Waals surface area contributed by atoms with Crippen molar-refractivity contribution in [1.82, 2.24) is 10.3 Å². The minimum atomic E-state index is 0.0900. The Labute approximate surface area is 135 Å². The second-order valence-electron chi connectivity index (χ2n) is 7.39. The minimum absolute atomic E-state index is 0.0900. The molecule has 0 radical (unpaired) electrons. The van der Waals surface area contributed by atoms with Crippen LogP contribution in [0, 0.1) is 5.92 Å². The van der Waals surface area contributed by atoms with Crippen LogP contribution in [-0.4, -0.2) is 23.1 Å². The lowest BCUT2D eigenvalue weighted by molar-refractivity contribution is 0.424. The van der Waals surface area contributed by atoms with E-state index in [4.69, 9.17) is 11.6 Å². The van der Waals surface area contributed by atoms with Crippen molar-refractivity contribution in [2.45, 2.75) is 66.6 Å². The molecule has 0 aliphatic rings. The Morgan fingerprint density at radius 2 is 1.86 bits per heavy atom. The first-order valence-corrected chi connectivity index (χ1v) is 8.14. The fourth-order valence-corrected chi connectivity index (χ4v) is 2.38. The molecule has 0 saturated heterocycles. The molecule has 0 amide bonds. The van der Waals surface area contributed by atoms with E-state index in [1.807, 2.05) is 12.3 Å². The third-order valence-corrected chi connectivity index (χ3v) is 3.44. The van der Waals surface area contributed by atoms with E-state index in [1.165, 1.54) is 0 Å². The van der Waals surface area contributed by atoms with E-state index in [0.717, 1.165) is 29.5 Å². The van der Waals surface area contributed by atoms with Crippen LogP contribution in [0.5, 0.6) is 0 Å². The Balaban J connectivity index is 2.90. The number of aromatic nitrogens is 1. The van der Waals surface area contributed by atoms with Gasteiger partial charge in [-0.05, 0) is 52.2 Å². The van der Waals surface area contributed by atoms with Crippen LogP contribution in [0.2, 0.25) is 5.02 Å². The molecule has 4 heteroatoms. The quantitative estimate of drug-likeness (QED) is 0.838. The standard InChI is InChI=1S/C17H30ClN3/c1-12(2)11-21(13(3)4)16-15(18)8-14(9-19-16)10-20-17(5,6)7/h8-9,12-13,20H,10-11H2,1-7H3. The Bertz CT molecular complexity index is 450. The van der Waals surface area contributed by atoms with Crippen molar-refractivity contribution in [3.63, 3.8) is 0 Å². The second kappa shape index (κ2) is 7.46. The van der Waals surface area contributed by atoms with Crippen LogP contribution in [0.4, 0.5) is 5.82 Å². The molecule has 0 aromatic carbocycles. The molecule has 1 rings (SSSR count). The van der Waals surface area contributed by atoms with E-state index in [-0.39, 0.29) is 5.54 Å². The van der Waals surface area contributed by atoms with Gasteiger partial charge in [-0.3, -0.25) is 0 Å². The lowest BCUT2D eigenvalue weighted by atomic mass is 10.1. The molecule has 0 unspecified atom stereocenters. The van der Waals surface area contributed by atoms with Crippen LogP contribution < -0.4 is 10.2 Å². The molecular formula is C17H30ClN3. The number of hydrogen-bond acceptors (Lipinski definition) is 3. The van der Waals surface area contributed by atoms with Crippen LogP contribution in [0.1, 0.15) is 54.0 Å². The number of pyridine rings is 1. The topological polar surface area (TPSA) is 28.2 Å². The van der Waals surface area contributed by atoms with Gasteiger partial charge in [0.1, 0.15) is 5.82 Å². The van der Waals surface area contributed by atoms with E-state index >= 15 is 0 Å². The maximum absolute atomic E-state index is 6.47. The molecule has 21 heavy (non-hydrogen) atoms. The van der Waals surface area contributed by atoms with Gasteiger partial charge in [-0.2, -0.15) is 0 Å². The van der Waals surface area contributed by atoms with Gasteiger partial charge in [0.2, 0.25) is 0 Å². The lowest BCUT2D eigenvalue weighted by Gasteiger charge is -2.30. The van der Waals surface area contributed by atoms with Crippen molar-refractivity contribution >= 4 is 17.4 Å². The van der Waals surface area contributed by atoms with Gasteiger partial charge in [0.25, 0.3) is 0 Å². The maximum Gasteiger partial charge on any atom is 0.147 e. The van der Waals surface area contributed by atoms with E-state index in [9.17, 15) is 0 Å². The van der Waals surface area contributed by atoms with Gasteiger partial charge < -0.3 is 10.2 Å². The van der Waals surface area contributed by atoms with E-state index < -0.39 is 0 Å². The summed E-state index contributed by atoms with van der Waals surface area (Å²) in [6, 6.07) is 2.41. The van der Waals surface area contributed by atoms with E-state index in [2.05, 4.69) is 63.7 Å². The fourth-order valence-electron chi connectivity index (χ4n) is 2.08. The third-order valence-electron chi connectivity index (χ3n) is 3.16.